The maximum atomic E-state index is 12.3. The van der Waals surface area contributed by atoms with E-state index in [1.807, 2.05) is 0 Å². The van der Waals surface area contributed by atoms with Crippen LogP contribution in [0.15, 0.2) is 24.3 Å². The molecule has 0 spiro atoms. The third-order valence-corrected chi connectivity index (χ3v) is 6.01. The second kappa shape index (κ2) is 8.17. The molecule has 1 aromatic heterocycles. The van der Waals surface area contributed by atoms with Crippen LogP contribution in [0.25, 0.3) is 0 Å². The van der Waals surface area contributed by atoms with Crippen LogP contribution in [0.1, 0.15) is 30.0 Å². The predicted molar refractivity (Wildman–Crippen MR) is 107 cm³/mol. The fourth-order valence-corrected chi connectivity index (χ4v) is 4.52. The molecular weight excluding hydrogens is 388 g/mol. The van der Waals surface area contributed by atoms with E-state index >= 15 is 0 Å². The molecule has 134 valence electrons. The lowest BCUT2D eigenvalue weighted by Crippen LogP contribution is -2.21. The van der Waals surface area contributed by atoms with E-state index in [1.54, 1.807) is 24.3 Å². The number of anilines is 1. The predicted octanol–water partition coefficient (Wildman–Crippen LogP) is 5.14. The first kappa shape index (κ1) is 18.8. The second-order valence-electron chi connectivity index (χ2n) is 6.30. The van der Waals surface area contributed by atoms with Gasteiger partial charge in [-0.05, 0) is 60.6 Å². The van der Waals surface area contributed by atoms with Gasteiger partial charge in [0.15, 0.2) is 6.61 Å². The standard InChI is InChI=1S/C19H17ClN2O2S2/c1-11-2-7-14-15(8-11)19(25)26-18(16(14)9-21)22-17(23)10-24-13-5-3-12(20)4-6-13/h3-6,11H,2,7-8,10H2,1H3,(H,22,23). The molecule has 0 radical (unpaired) electrons. The second-order valence-corrected chi connectivity index (χ2v) is 8.43. The molecule has 1 heterocycles. The van der Waals surface area contributed by atoms with E-state index in [1.165, 1.54) is 11.3 Å². The average Bonchev–Trinajstić information content (AvgIpc) is 2.62. The van der Waals surface area contributed by atoms with Crippen LogP contribution in [0.3, 0.4) is 0 Å². The lowest BCUT2D eigenvalue weighted by atomic mass is 9.85. The molecule has 0 fully saturated rings. The van der Waals surface area contributed by atoms with Gasteiger partial charge in [0.25, 0.3) is 5.91 Å². The maximum Gasteiger partial charge on any atom is 0.262 e. The first-order valence-electron chi connectivity index (χ1n) is 8.25. The van der Waals surface area contributed by atoms with Crippen LogP contribution in [0, 0.1) is 21.1 Å². The van der Waals surface area contributed by atoms with Crippen molar-refractivity contribution in [2.45, 2.75) is 26.2 Å². The highest BCUT2D eigenvalue weighted by molar-refractivity contribution is 7.73. The third kappa shape index (κ3) is 4.24. The summed E-state index contributed by atoms with van der Waals surface area (Å²) in [7, 11) is 0. The Labute approximate surface area is 166 Å². The van der Waals surface area contributed by atoms with Crippen molar-refractivity contribution in [3.63, 3.8) is 0 Å². The number of nitrogens with one attached hydrogen (secondary N) is 1. The number of nitrogens with zero attached hydrogens (tertiary/aromatic N) is 1. The Hall–Kier alpha value is -1.94. The first-order chi connectivity index (χ1) is 12.5. The molecule has 0 aliphatic heterocycles. The minimum atomic E-state index is -0.328. The Morgan fingerprint density at radius 3 is 2.85 bits per heavy atom. The molecule has 0 bridgehead atoms. The van der Waals surface area contributed by atoms with Gasteiger partial charge in [-0.1, -0.05) is 30.7 Å². The summed E-state index contributed by atoms with van der Waals surface area (Å²) in [5.41, 5.74) is 2.62. The van der Waals surface area contributed by atoms with Gasteiger partial charge in [-0.25, -0.2) is 0 Å². The highest BCUT2D eigenvalue weighted by Crippen LogP contribution is 2.35. The van der Waals surface area contributed by atoms with Crippen LogP contribution in [0.2, 0.25) is 5.02 Å². The van der Waals surface area contributed by atoms with Crippen molar-refractivity contribution in [2.75, 3.05) is 11.9 Å². The van der Waals surface area contributed by atoms with Gasteiger partial charge in [0.05, 0.1) is 9.39 Å². The van der Waals surface area contributed by atoms with Crippen LogP contribution in [0.5, 0.6) is 5.75 Å². The van der Waals surface area contributed by atoms with Crippen molar-refractivity contribution < 1.29 is 9.53 Å². The number of hydrogen-bond donors (Lipinski definition) is 1. The van der Waals surface area contributed by atoms with Crippen molar-refractivity contribution in [3.8, 4) is 11.8 Å². The Morgan fingerprint density at radius 2 is 2.15 bits per heavy atom. The summed E-state index contributed by atoms with van der Waals surface area (Å²) < 4.78 is 6.20. The minimum Gasteiger partial charge on any atom is -0.484 e. The van der Waals surface area contributed by atoms with E-state index in [0.717, 1.165) is 34.2 Å². The lowest BCUT2D eigenvalue weighted by Gasteiger charge is -2.23. The van der Waals surface area contributed by atoms with E-state index in [4.69, 9.17) is 28.6 Å². The van der Waals surface area contributed by atoms with Crippen LogP contribution in [0.4, 0.5) is 5.00 Å². The summed E-state index contributed by atoms with van der Waals surface area (Å²) in [6.45, 7) is 2.04. The van der Waals surface area contributed by atoms with E-state index < -0.39 is 0 Å². The van der Waals surface area contributed by atoms with Crippen molar-refractivity contribution in [3.05, 3.63) is 49.8 Å². The molecule has 7 heteroatoms. The fourth-order valence-electron chi connectivity index (χ4n) is 2.99. The maximum absolute atomic E-state index is 12.3. The lowest BCUT2D eigenvalue weighted by molar-refractivity contribution is -0.118. The average molecular weight is 405 g/mol. The zero-order chi connectivity index (χ0) is 18.7. The highest BCUT2D eigenvalue weighted by atomic mass is 35.5. The van der Waals surface area contributed by atoms with Crippen LogP contribution in [-0.2, 0) is 17.6 Å². The van der Waals surface area contributed by atoms with E-state index in [-0.39, 0.29) is 12.5 Å². The molecule has 26 heavy (non-hydrogen) atoms. The topological polar surface area (TPSA) is 62.1 Å². The number of hydrogen-bond acceptors (Lipinski definition) is 5. The molecule has 0 saturated carbocycles. The molecular formula is C19H17ClN2O2S2. The number of amides is 1. The van der Waals surface area contributed by atoms with Gasteiger partial charge in [-0.15, -0.1) is 11.3 Å². The first-order valence-corrected chi connectivity index (χ1v) is 9.85. The summed E-state index contributed by atoms with van der Waals surface area (Å²) in [5.74, 6) is 0.791. The van der Waals surface area contributed by atoms with Crippen molar-refractivity contribution in [2.24, 2.45) is 5.92 Å². The largest absolute Gasteiger partial charge is 0.484 e. The number of fused-ring (bicyclic) bond motifs is 1. The number of halogens is 1. The van der Waals surface area contributed by atoms with Gasteiger partial charge in [-0.2, -0.15) is 5.26 Å². The zero-order valence-corrected chi connectivity index (χ0v) is 16.6. The molecule has 1 aromatic carbocycles. The summed E-state index contributed by atoms with van der Waals surface area (Å²) in [6, 6.07) is 9.02. The van der Waals surface area contributed by atoms with Crippen LogP contribution in [-0.4, -0.2) is 12.5 Å². The van der Waals surface area contributed by atoms with Gasteiger partial charge in [0.2, 0.25) is 0 Å². The SMILES string of the molecule is CC1CCc2c(C#N)c(NC(=O)COc3ccc(Cl)cc3)sc(=S)c2C1. The summed E-state index contributed by atoms with van der Waals surface area (Å²) >= 11 is 12.6. The van der Waals surface area contributed by atoms with E-state index in [0.29, 0.717) is 27.3 Å². The Morgan fingerprint density at radius 1 is 1.42 bits per heavy atom. The highest BCUT2D eigenvalue weighted by Gasteiger charge is 2.23. The fraction of sp³-hybridized carbons (Fsp3) is 0.316. The van der Waals surface area contributed by atoms with E-state index in [9.17, 15) is 10.1 Å². The quantitative estimate of drug-likeness (QED) is 0.716. The van der Waals surface area contributed by atoms with Crippen LogP contribution >= 0.6 is 35.2 Å². The number of nitriles is 1. The number of benzene rings is 1. The molecule has 1 aliphatic carbocycles. The molecule has 2 aromatic rings. The Kier molecular flexibility index (Phi) is 5.92. The van der Waals surface area contributed by atoms with Gasteiger partial charge in [-0.3, -0.25) is 4.79 Å². The molecule has 1 atom stereocenters. The van der Waals surface area contributed by atoms with Crippen molar-refractivity contribution >= 4 is 46.1 Å². The summed E-state index contributed by atoms with van der Waals surface area (Å²) in [5, 5.41) is 13.5. The number of carbonyl (C=O) groups is 1. The normalized spacial score (nSPS) is 15.7. The Bertz CT molecular complexity index is 932. The minimum absolute atomic E-state index is 0.153. The third-order valence-electron chi connectivity index (χ3n) is 4.32. The smallest absolute Gasteiger partial charge is 0.262 e. The van der Waals surface area contributed by atoms with Crippen molar-refractivity contribution in [1.29, 1.82) is 5.26 Å². The molecule has 1 amide bonds. The van der Waals surface area contributed by atoms with Crippen LogP contribution < -0.4 is 10.1 Å². The zero-order valence-electron chi connectivity index (χ0n) is 14.2. The molecule has 3 rings (SSSR count). The molecule has 1 unspecified atom stereocenters. The number of ether oxygens (including phenoxy) is 1. The molecule has 1 N–H and O–H groups in total. The van der Waals surface area contributed by atoms with Gasteiger partial charge in [0.1, 0.15) is 16.8 Å². The molecule has 0 saturated heterocycles. The molecule has 4 nitrogen and oxygen atoms in total. The summed E-state index contributed by atoms with van der Waals surface area (Å²) in [6.07, 6.45) is 2.74. The number of rotatable bonds is 4. The Balaban J connectivity index is 1.76. The van der Waals surface area contributed by atoms with Gasteiger partial charge in [0, 0.05) is 5.02 Å². The van der Waals surface area contributed by atoms with Gasteiger partial charge >= 0.3 is 0 Å². The molecule has 1 aliphatic rings. The van der Waals surface area contributed by atoms with E-state index in [2.05, 4.69) is 18.3 Å². The van der Waals surface area contributed by atoms with Crippen molar-refractivity contribution in [1.82, 2.24) is 0 Å². The monoisotopic (exact) mass is 404 g/mol. The number of carbonyl (C=O) groups excluding carboxylic acids is 1. The summed E-state index contributed by atoms with van der Waals surface area (Å²) in [4.78, 5) is 12.3. The van der Waals surface area contributed by atoms with Gasteiger partial charge < -0.3 is 10.1 Å².